The predicted molar refractivity (Wildman–Crippen MR) is 73.6 cm³/mol. The summed E-state index contributed by atoms with van der Waals surface area (Å²) in [6.45, 7) is 2.22. The molecule has 0 saturated heterocycles. The highest BCUT2D eigenvalue weighted by Gasteiger charge is 1.99. The lowest BCUT2D eigenvalue weighted by molar-refractivity contribution is 0.317. The van der Waals surface area contributed by atoms with Crippen molar-refractivity contribution in [3.8, 4) is 0 Å². The zero-order valence-electron chi connectivity index (χ0n) is 10.7. The first-order chi connectivity index (χ1) is 8.49. The van der Waals surface area contributed by atoms with E-state index in [-0.39, 0.29) is 6.61 Å². The van der Waals surface area contributed by atoms with E-state index in [2.05, 4.69) is 9.91 Å². The molecule has 0 spiro atoms. The van der Waals surface area contributed by atoms with Crippen molar-refractivity contribution in [3.05, 3.63) is 47.7 Å². The minimum Gasteiger partial charge on any atom is -0.270 e. The molecular formula is C14H18O3S. The van der Waals surface area contributed by atoms with Gasteiger partial charge in [0.15, 0.2) is 0 Å². The molecule has 1 aromatic carbocycles. The molecule has 0 unspecified atom stereocenters. The van der Waals surface area contributed by atoms with Gasteiger partial charge in [-0.05, 0) is 37.0 Å². The lowest BCUT2D eigenvalue weighted by atomic mass is 10.1. The number of unbranched alkanes of at least 4 members (excludes halogenated alkanes) is 1. The van der Waals surface area contributed by atoms with E-state index in [9.17, 15) is 8.42 Å². The van der Waals surface area contributed by atoms with E-state index in [1.54, 1.807) is 0 Å². The van der Waals surface area contributed by atoms with E-state index in [0.717, 1.165) is 23.8 Å². The van der Waals surface area contributed by atoms with Gasteiger partial charge in [0.2, 0.25) is 0 Å². The second-order valence-electron chi connectivity index (χ2n) is 4.01. The van der Waals surface area contributed by atoms with Crippen molar-refractivity contribution in [1.82, 2.24) is 0 Å². The summed E-state index contributed by atoms with van der Waals surface area (Å²) in [5.74, 6) is 0. The van der Waals surface area contributed by atoms with Gasteiger partial charge >= 0.3 is 0 Å². The second-order valence-corrected chi connectivity index (χ2v) is 5.65. The molecule has 0 bridgehead atoms. The van der Waals surface area contributed by atoms with E-state index >= 15 is 0 Å². The summed E-state index contributed by atoms with van der Waals surface area (Å²) in [6.07, 6.45) is 4.39. The number of benzene rings is 1. The van der Waals surface area contributed by atoms with Crippen molar-refractivity contribution in [2.45, 2.75) is 19.8 Å². The molecule has 0 radical (unpaired) electrons. The smallest absolute Gasteiger partial charge is 0.264 e. The van der Waals surface area contributed by atoms with Gasteiger partial charge in [-0.3, -0.25) is 4.18 Å². The number of allylic oxidation sites excluding steroid dienone is 1. The van der Waals surface area contributed by atoms with Crippen LogP contribution in [0.4, 0.5) is 0 Å². The summed E-state index contributed by atoms with van der Waals surface area (Å²) >= 11 is 0. The lowest BCUT2D eigenvalue weighted by Gasteiger charge is -1.98. The predicted octanol–water partition coefficient (Wildman–Crippen LogP) is 3.00. The first-order valence-corrected chi connectivity index (χ1v) is 7.62. The molecular weight excluding hydrogens is 248 g/mol. The summed E-state index contributed by atoms with van der Waals surface area (Å²) in [6, 6.07) is 10.0. The van der Waals surface area contributed by atoms with Crippen molar-refractivity contribution < 1.29 is 12.6 Å². The fourth-order valence-electron chi connectivity index (χ4n) is 1.39. The molecule has 0 aliphatic heterocycles. The molecule has 0 N–H and O–H groups in total. The Morgan fingerprint density at radius 1 is 1.33 bits per heavy atom. The number of rotatable bonds is 6. The Labute approximate surface area is 109 Å². The van der Waals surface area contributed by atoms with Crippen LogP contribution in [0.2, 0.25) is 0 Å². The SMILES string of the molecule is CC(=C=CCCCOS(C)(=O)=O)c1ccccc1. The van der Waals surface area contributed by atoms with Gasteiger partial charge in [0.25, 0.3) is 10.1 Å². The van der Waals surface area contributed by atoms with Gasteiger partial charge in [-0.2, -0.15) is 8.42 Å². The summed E-state index contributed by atoms with van der Waals surface area (Å²) in [7, 11) is -3.31. The van der Waals surface area contributed by atoms with Gasteiger partial charge in [0.1, 0.15) is 0 Å². The van der Waals surface area contributed by atoms with Crippen LogP contribution in [0.15, 0.2) is 42.1 Å². The molecule has 0 aromatic heterocycles. The summed E-state index contributed by atoms with van der Waals surface area (Å²) in [5, 5.41) is 0. The van der Waals surface area contributed by atoms with E-state index < -0.39 is 10.1 Å². The molecule has 0 saturated carbocycles. The summed E-state index contributed by atoms with van der Waals surface area (Å²) in [4.78, 5) is 0. The molecule has 98 valence electrons. The number of hydrogen-bond donors (Lipinski definition) is 0. The third kappa shape index (κ3) is 6.40. The van der Waals surface area contributed by atoms with Crippen molar-refractivity contribution in [2.75, 3.05) is 12.9 Å². The van der Waals surface area contributed by atoms with E-state index in [1.165, 1.54) is 0 Å². The summed E-state index contributed by atoms with van der Waals surface area (Å²) in [5.41, 5.74) is 5.39. The van der Waals surface area contributed by atoms with Gasteiger partial charge in [-0.1, -0.05) is 30.3 Å². The molecule has 0 fully saturated rings. The maximum atomic E-state index is 10.7. The first kappa shape index (κ1) is 14.7. The summed E-state index contributed by atoms with van der Waals surface area (Å²) < 4.78 is 26.0. The third-order valence-electron chi connectivity index (χ3n) is 2.32. The van der Waals surface area contributed by atoms with Crippen LogP contribution in [0.25, 0.3) is 5.57 Å². The molecule has 0 aliphatic rings. The van der Waals surface area contributed by atoms with Gasteiger partial charge < -0.3 is 0 Å². The molecule has 4 heteroatoms. The zero-order chi connectivity index (χ0) is 13.4. The highest BCUT2D eigenvalue weighted by atomic mass is 32.2. The Balaban J connectivity index is 2.40. The van der Waals surface area contributed by atoms with Crippen LogP contribution in [0, 0.1) is 0 Å². The van der Waals surface area contributed by atoms with Crippen LogP contribution in [0.3, 0.4) is 0 Å². The normalized spacial score (nSPS) is 10.8. The second kappa shape index (κ2) is 7.17. The lowest BCUT2D eigenvalue weighted by Crippen LogP contribution is -2.03. The van der Waals surface area contributed by atoms with E-state index in [4.69, 9.17) is 0 Å². The Hall–Kier alpha value is -1.35. The minimum absolute atomic E-state index is 0.224. The largest absolute Gasteiger partial charge is 0.270 e. The average Bonchev–Trinajstić information content (AvgIpc) is 2.33. The van der Waals surface area contributed by atoms with Gasteiger partial charge in [0.05, 0.1) is 12.9 Å². The molecule has 0 aliphatic carbocycles. The van der Waals surface area contributed by atoms with Crippen molar-refractivity contribution >= 4 is 15.7 Å². The van der Waals surface area contributed by atoms with Crippen molar-refractivity contribution in [1.29, 1.82) is 0 Å². The molecule has 1 rings (SSSR count). The van der Waals surface area contributed by atoms with Crippen LogP contribution >= 0.6 is 0 Å². The fraction of sp³-hybridized carbons (Fsp3) is 0.357. The van der Waals surface area contributed by atoms with Crippen LogP contribution < -0.4 is 0 Å². The van der Waals surface area contributed by atoms with Gasteiger partial charge in [0, 0.05) is 0 Å². The standard InChI is InChI=1S/C14H18O3S/c1-13(14-10-6-3-7-11-14)9-5-4-8-12-17-18(2,15)16/h3,5-7,10-11H,4,8,12H2,1-2H3. The zero-order valence-corrected chi connectivity index (χ0v) is 11.5. The number of hydrogen-bond acceptors (Lipinski definition) is 3. The van der Waals surface area contributed by atoms with Crippen molar-refractivity contribution in [2.24, 2.45) is 0 Å². The molecule has 0 heterocycles. The van der Waals surface area contributed by atoms with Crippen molar-refractivity contribution in [3.63, 3.8) is 0 Å². The first-order valence-electron chi connectivity index (χ1n) is 5.80. The Morgan fingerprint density at radius 3 is 2.61 bits per heavy atom. The third-order valence-corrected chi connectivity index (χ3v) is 2.91. The van der Waals surface area contributed by atoms with Crippen LogP contribution in [-0.4, -0.2) is 21.3 Å². The van der Waals surface area contributed by atoms with E-state index in [1.807, 2.05) is 43.3 Å². The topological polar surface area (TPSA) is 43.4 Å². The van der Waals surface area contributed by atoms with Crippen LogP contribution in [0.5, 0.6) is 0 Å². The Bertz CT molecular complexity index is 523. The Morgan fingerprint density at radius 2 is 2.00 bits per heavy atom. The average molecular weight is 266 g/mol. The van der Waals surface area contributed by atoms with Gasteiger partial charge in [-0.25, -0.2) is 0 Å². The molecule has 1 aromatic rings. The van der Waals surface area contributed by atoms with E-state index in [0.29, 0.717) is 6.42 Å². The highest BCUT2D eigenvalue weighted by Crippen LogP contribution is 2.11. The highest BCUT2D eigenvalue weighted by molar-refractivity contribution is 7.85. The maximum absolute atomic E-state index is 10.7. The Kier molecular flexibility index (Phi) is 5.86. The minimum atomic E-state index is -3.31. The maximum Gasteiger partial charge on any atom is 0.264 e. The monoisotopic (exact) mass is 266 g/mol. The molecule has 3 nitrogen and oxygen atoms in total. The van der Waals surface area contributed by atoms with Gasteiger partial charge in [-0.15, -0.1) is 5.73 Å². The quantitative estimate of drug-likeness (QED) is 0.451. The fourth-order valence-corrected chi connectivity index (χ4v) is 1.81. The molecule has 18 heavy (non-hydrogen) atoms. The molecule has 0 atom stereocenters. The molecule has 0 amide bonds. The van der Waals surface area contributed by atoms with Crippen LogP contribution in [-0.2, 0) is 14.3 Å². The van der Waals surface area contributed by atoms with Crippen LogP contribution in [0.1, 0.15) is 25.3 Å².